The highest BCUT2D eigenvalue weighted by Crippen LogP contribution is 2.26. The van der Waals surface area contributed by atoms with Crippen molar-refractivity contribution in [2.75, 3.05) is 12.4 Å². The highest BCUT2D eigenvalue weighted by Gasteiger charge is 2.14. The van der Waals surface area contributed by atoms with Gasteiger partial charge in [-0.15, -0.1) is 5.10 Å². The summed E-state index contributed by atoms with van der Waals surface area (Å²) in [7, 11) is 1.66. The van der Waals surface area contributed by atoms with Gasteiger partial charge in [0.05, 0.1) is 7.11 Å². The molecule has 0 bridgehead atoms. The zero-order valence-electron chi connectivity index (χ0n) is 13.2. The fourth-order valence-electron chi connectivity index (χ4n) is 2.53. The van der Waals surface area contributed by atoms with E-state index in [4.69, 9.17) is 4.74 Å². The molecule has 3 aromatic rings. The molecule has 0 radical (unpaired) electrons. The summed E-state index contributed by atoms with van der Waals surface area (Å²) in [6.45, 7) is 5.97. The fraction of sp³-hybridized carbons (Fsp3) is 0.312. The number of anilines is 2. The number of aryl methyl sites for hydroxylation is 2. The summed E-state index contributed by atoms with van der Waals surface area (Å²) in [5.74, 6) is 3.02. The molecular formula is C16H19N5O. The molecule has 2 heterocycles. The Morgan fingerprint density at radius 1 is 1.23 bits per heavy atom. The van der Waals surface area contributed by atoms with Crippen molar-refractivity contribution >= 4 is 17.3 Å². The largest absolute Gasteiger partial charge is 0.497 e. The topological polar surface area (TPSA) is 64.3 Å². The van der Waals surface area contributed by atoms with Gasteiger partial charge in [-0.25, -0.2) is 4.98 Å². The van der Waals surface area contributed by atoms with Crippen molar-refractivity contribution in [1.29, 1.82) is 0 Å². The number of methoxy groups -OCH3 is 1. The van der Waals surface area contributed by atoms with E-state index in [2.05, 4.69) is 27.3 Å². The lowest BCUT2D eigenvalue weighted by Crippen LogP contribution is -2.08. The Balaban J connectivity index is 2.15. The third-order valence-electron chi connectivity index (χ3n) is 3.58. The van der Waals surface area contributed by atoms with Gasteiger partial charge in [0, 0.05) is 23.0 Å². The van der Waals surface area contributed by atoms with E-state index in [1.165, 1.54) is 0 Å². The molecule has 22 heavy (non-hydrogen) atoms. The molecule has 6 heteroatoms. The minimum Gasteiger partial charge on any atom is -0.497 e. The Morgan fingerprint density at radius 2 is 2.05 bits per heavy atom. The standard InChI is InChI=1S/C16H19N5O/c1-5-14-10(2)17-16-18-11(3)20-21(16)15(14)19-12-7-6-8-13(9-12)22-4/h6-9,19H,5H2,1-4H3. The molecule has 0 amide bonds. The molecule has 1 N–H and O–H groups in total. The second kappa shape index (κ2) is 5.63. The van der Waals surface area contributed by atoms with Crippen LogP contribution in [0.5, 0.6) is 5.75 Å². The molecule has 0 unspecified atom stereocenters. The predicted octanol–water partition coefficient (Wildman–Crippen LogP) is 3.06. The number of aromatic nitrogens is 4. The summed E-state index contributed by atoms with van der Waals surface area (Å²) >= 11 is 0. The molecular weight excluding hydrogens is 278 g/mol. The van der Waals surface area contributed by atoms with Gasteiger partial charge in [0.2, 0.25) is 0 Å². The van der Waals surface area contributed by atoms with Crippen molar-refractivity contribution in [2.45, 2.75) is 27.2 Å². The van der Waals surface area contributed by atoms with Crippen molar-refractivity contribution < 1.29 is 4.74 Å². The van der Waals surface area contributed by atoms with Crippen LogP contribution in [0.3, 0.4) is 0 Å². The highest BCUT2D eigenvalue weighted by molar-refractivity contribution is 5.64. The van der Waals surface area contributed by atoms with Crippen LogP contribution in [0.1, 0.15) is 24.0 Å². The third kappa shape index (κ3) is 2.47. The first kappa shape index (κ1) is 14.3. The number of nitrogens with one attached hydrogen (secondary N) is 1. The smallest absolute Gasteiger partial charge is 0.254 e. The van der Waals surface area contributed by atoms with E-state index in [0.29, 0.717) is 11.6 Å². The maximum Gasteiger partial charge on any atom is 0.254 e. The monoisotopic (exact) mass is 297 g/mol. The van der Waals surface area contributed by atoms with Crippen LogP contribution < -0.4 is 10.1 Å². The fourth-order valence-corrected chi connectivity index (χ4v) is 2.53. The molecule has 0 aliphatic carbocycles. The van der Waals surface area contributed by atoms with E-state index >= 15 is 0 Å². The lowest BCUT2D eigenvalue weighted by atomic mass is 10.1. The van der Waals surface area contributed by atoms with E-state index in [1.807, 2.05) is 38.1 Å². The Labute approximate surface area is 129 Å². The minimum absolute atomic E-state index is 0.609. The van der Waals surface area contributed by atoms with Gasteiger partial charge in [0.1, 0.15) is 17.4 Å². The maximum atomic E-state index is 5.28. The molecule has 1 aromatic carbocycles. The van der Waals surface area contributed by atoms with Crippen molar-refractivity contribution in [3.63, 3.8) is 0 Å². The van der Waals surface area contributed by atoms with E-state index in [1.54, 1.807) is 11.6 Å². The number of hydrogen-bond acceptors (Lipinski definition) is 5. The molecule has 0 spiro atoms. The van der Waals surface area contributed by atoms with E-state index in [0.717, 1.165) is 34.9 Å². The summed E-state index contributed by atoms with van der Waals surface area (Å²) in [6.07, 6.45) is 0.861. The highest BCUT2D eigenvalue weighted by atomic mass is 16.5. The normalized spacial score (nSPS) is 10.9. The van der Waals surface area contributed by atoms with Crippen LogP contribution in [-0.2, 0) is 6.42 Å². The third-order valence-corrected chi connectivity index (χ3v) is 3.58. The number of benzene rings is 1. The first-order chi connectivity index (χ1) is 10.6. The van der Waals surface area contributed by atoms with E-state index < -0.39 is 0 Å². The molecule has 0 fully saturated rings. The van der Waals surface area contributed by atoms with Crippen LogP contribution >= 0.6 is 0 Å². The summed E-state index contributed by atoms with van der Waals surface area (Å²) in [4.78, 5) is 8.89. The zero-order valence-corrected chi connectivity index (χ0v) is 13.2. The lowest BCUT2D eigenvalue weighted by molar-refractivity contribution is 0.415. The van der Waals surface area contributed by atoms with Crippen LogP contribution in [0.2, 0.25) is 0 Å². The predicted molar refractivity (Wildman–Crippen MR) is 85.9 cm³/mol. The molecule has 0 aliphatic heterocycles. The number of ether oxygens (including phenoxy) is 1. The van der Waals surface area contributed by atoms with Crippen LogP contribution in [0.15, 0.2) is 24.3 Å². The Bertz CT molecular complexity index is 825. The SMILES string of the molecule is CCc1c(C)nc2nc(C)nn2c1Nc1cccc(OC)c1. The van der Waals surface area contributed by atoms with Gasteiger partial charge in [-0.3, -0.25) is 0 Å². The number of rotatable bonds is 4. The lowest BCUT2D eigenvalue weighted by Gasteiger charge is -2.14. The molecule has 0 saturated heterocycles. The second-order valence-electron chi connectivity index (χ2n) is 5.11. The van der Waals surface area contributed by atoms with Crippen LogP contribution in [-0.4, -0.2) is 26.7 Å². The second-order valence-corrected chi connectivity index (χ2v) is 5.11. The minimum atomic E-state index is 0.609. The van der Waals surface area contributed by atoms with Gasteiger partial charge >= 0.3 is 0 Å². The number of hydrogen-bond donors (Lipinski definition) is 1. The molecule has 2 aromatic heterocycles. The van der Waals surface area contributed by atoms with Crippen molar-refractivity contribution in [2.24, 2.45) is 0 Å². The quantitative estimate of drug-likeness (QED) is 0.802. The van der Waals surface area contributed by atoms with Crippen molar-refractivity contribution in [1.82, 2.24) is 19.6 Å². The Hall–Kier alpha value is -2.63. The summed E-state index contributed by atoms with van der Waals surface area (Å²) in [5, 5.41) is 7.89. The molecule has 6 nitrogen and oxygen atoms in total. The van der Waals surface area contributed by atoms with Gasteiger partial charge in [-0.2, -0.15) is 9.50 Å². The summed E-state index contributed by atoms with van der Waals surface area (Å²) in [5.41, 5.74) is 3.03. The van der Waals surface area contributed by atoms with Crippen molar-refractivity contribution in [3.05, 3.63) is 41.3 Å². The molecule has 3 rings (SSSR count). The van der Waals surface area contributed by atoms with Gasteiger partial charge < -0.3 is 10.1 Å². The summed E-state index contributed by atoms with van der Waals surface area (Å²) in [6, 6.07) is 7.81. The van der Waals surface area contributed by atoms with Gasteiger partial charge in [0.25, 0.3) is 5.78 Å². The van der Waals surface area contributed by atoms with Crippen molar-refractivity contribution in [3.8, 4) is 5.75 Å². The first-order valence-electron chi connectivity index (χ1n) is 7.26. The molecule has 114 valence electrons. The van der Waals surface area contributed by atoms with Gasteiger partial charge in [-0.1, -0.05) is 13.0 Å². The zero-order chi connectivity index (χ0) is 15.7. The van der Waals surface area contributed by atoms with E-state index in [-0.39, 0.29) is 0 Å². The Morgan fingerprint density at radius 3 is 2.77 bits per heavy atom. The number of nitrogens with zero attached hydrogens (tertiary/aromatic N) is 4. The Kier molecular flexibility index (Phi) is 3.66. The molecule has 0 saturated carbocycles. The van der Waals surface area contributed by atoms with Gasteiger partial charge in [-0.05, 0) is 32.4 Å². The number of fused-ring (bicyclic) bond motifs is 1. The average molecular weight is 297 g/mol. The van der Waals surface area contributed by atoms with Crippen LogP contribution in [0.25, 0.3) is 5.78 Å². The first-order valence-corrected chi connectivity index (χ1v) is 7.26. The van der Waals surface area contributed by atoms with Crippen LogP contribution in [0.4, 0.5) is 11.5 Å². The molecule has 0 atom stereocenters. The summed E-state index contributed by atoms with van der Waals surface area (Å²) < 4.78 is 7.04. The molecule has 0 aliphatic rings. The van der Waals surface area contributed by atoms with Crippen LogP contribution in [0, 0.1) is 13.8 Å². The van der Waals surface area contributed by atoms with E-state index in [9.17, 15) is 0 Å². The average Bonchev–Trinajstić information content (AvgIpc) is 2.88. The maximum absolute atomic E-state index is 5.28. The van der Waals surface area contributed by atoms with Gasteiger partial charge in [0.15, 0.2) is 0 Å².